The Morgan fingerprint density at radius 3 is 2.88 bits per heavy atom. The second-order valence-corrected chi connectivity index (χ2v) is 5.28. The fourth-order valence-corrected chi connectivity index (χ4v) is 2.43. The van der Waals surface area contributed by atoms with Crippen LogP contribution < -0.4 is 0 Å². The van der Waals surface area contributed by atoms with Crippen LogP contribution in [0.4, 0.5) is 0 Å². The van der Waals surface area contributed by atoms with Gasteiger partial charge in [0.05, 0.1) is 6.61 Å². The SMILES string of the molecule is O=C1CCCCc2cn(COCC3CC3)cc21. The van der Waals surface area contributed by atoms with Gasteiger partial charge in [-0.3, -0.25) is 4.79 Å². The predicted molar refractivity (Wildman–Crippen MR) is 65.0 cm³/mol. The maximum absolute atomic E-state index is 11.9. The topological polar surface area (TPSA) is 31.2 Å². The summed E-state index contributed by atoms with van der Waals surface area (Å²) in [6.07, 6.45) is 10.6. The molecule has 0 amide bonds. The summed E-state index contributed by atoms with van der Waals surface area (Å²) in [5.41, 5.74) is 2.14. The summed E-state index contributed by atoms with van der Waals surface area (Å²) in [7, 11) is 0. The summed E-state index contributed by atoms with van der Waals surface area (Å²) >= 11 is 0. The summed E-state index contributed by atoms with van der Waals surface area (Å²) < 4.78 is 7.66. The molecule has 0 unspecified atom stereocenters. The van der Waals surface area contributed by atoms with Crippen LogP contribution in [0.3, 0.4) is 0 Å². The Bertz CT molecular complexity index is 418. The number of rotatable bonds is 4. The van der Waals surface area contributed by atoms with Gasteiger partial charge in [-0.2, -0.15) is 0 Å². The largest absolute Gasteiger partial charge is 0.361 e. The van der Waals surface area contributed by atoms with Crippen molar-refractivity contribution in [1.29, 1.82) is 0 Å². The van der Waals surface area contributed by atoms with E-state index in [1.807, 2.05) is 10.8 Å². The standard InChI is InChI=1S/C14H19NO2/c16-14-4-2-1-3-12-7-15(8-13(12)14)10-17-9-11-5-6-11/h7-8,11H,1-6,9-10H2. The molecule has 0 spiro atoms. The van der Waals surface area contributed by atoms with Crippen molar-refractivity contribution in [2.45, 2.75) is 45.3 Å². The molecule has 2 aliphatic rings. The first-order valence-corrected chi connectivity index (χ1v) is 6.62. The Morgan fingerprint density at radius 2 is 2.06 bits per heavy atom. The van der Waals surface area contributed by atoms with E-state index < -0.39 is 0 Å². The van der Waals surface area contributed by atoms with E-state index in [2.05, 4.69) is 6.20 Å². The minimum Gasteiger partial charge on any atom is -0.361 e. The summed E-state index contributed by atoms with van der Waals surface area (Å²) in [4.78, 5) is 11.9. The van der Waals surface area contributed by atoms with Crippen LogP contribution in [-0.4, -0.2) is 17.0 Å². The summed E-state index contributed by atoms with van der Waals surface area (Å²) in [6, 6.07) is 0. The number of hydrogen-bond acceptors (Lipinski definition) is 2. The van der Waals surface area contributed by atoms with Gasteiger partial charge in [0.1, 0.15) is 6.73 Å². The van der Waals surface area contributed by atoms with Crippen LogP contribution in [0.15, 0.2) is 12.4 Å². The molecule has 0 aromatic carbocycles. The highest BCUT2D eigenvalue weighted by Crippen LogP contribution is 2.29. The average molecular weight is 233 g/mol. The first-order valence-electron chi connectivity index (χ1n) is 6.62. The highest BCUT2D eigenvalue weighted by atomic mass is 16.5. The fraction of sp³-hybridized carbons (Fsp3) is 0.643. The predicted octanol–water partition coefficient (Wildman–Crippen LogP) is 2.78. The van der Waals surface area contributed by atoms with Crippen molar-refractivity contribution in [2.24, 2.45) is 5.92 Å². The van der Waals surface area contributed by atoms with Crippen LogP contribution in [0.25, 0.3) is 0 Å². The number of carbonyl (C=O) groups excluding carboxylic acids is 1. The molecule has 0 bridgehead atoms. The lowest BCUT2D eigenvalue weighted by Crippen LogP contribution is -2.03. The highest BCUT2D eigenvalue weighted by Gasteiger charge is 2.21. The van der Waals surface area contributed by atoms with Gasteiger partial charge in [-0.05, 0) is 43.6 Å². The zero-order chi connectivity index (χ0) is 11.7. The Balaban J connectivity index is 1.65. The molecule has 0 atom stereocenters. The summed E-state index contributed by atoms with van der Waals surface area (Å²) in [6.45, 7) is 1.47. The number of ether oxygens (including phenoxy) is 1. The van der Waals surface area contributed by atoms with Gasteiger partial charge in [-0.25, -0.2) is 0 Å². The second kappa shape index (κ2) is 4.65. The van der Waals surface area contributed by atoms with Gasteiger partial charge in [0.15, 0.2) is 5.78 Å². The Morgan fingerprint density at radius 1 is 1.24 bits per heavy atom. The fourth-order valence-electron chi connectivity index (χ4n) is 2.43. The molecule has 17 heavy (non-hydrogen) atoms. The van der Waals surface area contributed by atoms with E-state index in [4.69, 9.17) is 4.74 Å². The molecule has 0 radical (unpaired) electrons. The Kier molecular flexibility index (Phi) is 3.02. The molecule has 1 fully saturated rings. The number of hydrogen-bond donors (Lipinski definition) is 0. The lowest BCUT2D eigenvalue weighted by molar-refractivity contribution is 0.0690. The molecular weight excluding hydrogens is 214 g/mol. The molecule has 2 aliphatic carbocycles. The zero-order valence-corrected chi connectivity index (χ0v) is 10.2. The molecule has 0 aliphatic heterocycles. The van der Waals surface area contributed by atoms with Crippen LogP contribution in [0.1, 0.15) is 48.0 Å². The van der Waals surface area contributed by atoms with Crippen molar-refractivity contribution >= 4 is 5.78 Å². The van der Waals surface area contributed by atoms with Crippen LogP contribution in [-0.2, 0) is 17.9 Å². The van der Waals surface area contributed by atoms with Gasteiger partial charge >= 0.3 is 0 Å². The molecule has 1 aromatic rings. The molecule has 3 rings (SSSR count). The van der Waals surface area contributed by atoms with Crippen molar-refractivity contribution in [3.05, 3.63) is 23.5 Å². The third-order valence-corrected chi connectivity index (χ3v) is 3.65. The smallest absolute Gasteiger partial charge is 0.164 e. The van der Waals surface area contributed by atoms with E-state index in [0.717, 1.165) is 37.4 Å². The van der Waals surface area contributed by atoms with E-state index >= 15 is 0 Å². The average Bonchev–Trinajstić information content (AvgIpc) is 3.07. The van der Waals surface area contributed by atoms with Gasteiger partial charge in [0.25, 0.3) is 0 Å². The van der Waals surface area contributed by atoms with Gasteiger partial charge in [-0.1, -0.05) is 0 Å². The maximum atomic E-state index is 11.9. The number of carbonyl (C=O) groups is 1. The molecular formula is C14H19NO2. The third kappa shape index (κ3) is 2.60. The minimum absolute atomic E-state index is 0.304. The van der Waals surface area contributed by atoms with Gasteiger partial charge < -0.3 is 9.30 Å². The van der Waals surface area contributed by atoms with Crippen molar-refractivity contribution in [3.8, 4) is 0 Å². The Labute approximate surface area is 102 Å². The number of ketones is 1. The number of fused-ring (bicyclic) bond motifs is 1. The maximum Gasteiger partial charge on any atom is 0.164 e. The van der Waals surface area contributed by atoms with Crippen LogP contribution in [0, 0.1) is 5.92 Å². The van der Waals surface area contributed by atoms with E-state index in [0.29, 0.717) is 18.9 Å². The zero-order valence-electron chi connectivity index (χ0n) is 10.2. The van der Waals surface area contributed by atoms with Crippen LogP contribution in [0.5, 0.6) is 0 Å². The lowest BCUT2D eigenvalue weighted by atomic mass is 10.1. The molecule has 0 saturated heterocycles. The number of nitrogens with zero attached hydrogens (tertiary/aromatic N) is 1. The van der Waals surface area contributed by atoms with Crippen LogP contribution in [0.2, 0.25) is 0 Å². The summed E-state index contributed by atoms with van der Waals surface area (Å²) in [5, 5.41) is 0. The molecule has 1 aromatic heterocycles. The Hall–Kier alpha value is -1.09. The first kappa shape index (κ1) is 11.0. The lowest BCUT2D eigenvalue weighted by Gasteiger charge is -2.04. The van der Waals surface area contributed by atoms with Crippen molar-refractivity contribution in [2.75, 3.05) is 6.61 Å². The van der Waals surface area contributed by atoms with Gasteiger partial charge in [0, 0.05) is 24.4 Å². The number of aryl methyl sites for hydroxylation is 1. The molecule has 3 nitrogen and oxygen atoms in total. The van der Waals surface area contributed by atoms with Gasteiger partial charge in [0.2, 0.25) is 0 Å². The first-order chi connectivity index (χ1) is 8.33. The number of Topliss-reactive ketones (excluding diaryl/α,β-unsaturated/α-hetero) is 1. The van der Waals surface area contributed by atoms with Crippen molar-refractivity contribution < 1.29 is 9.53 Å². The van der Waals surface area contributed by atoms with Gasteiger partial charge in [-0.15, -0.1) is 0 Å². The van der Waals surface area contributed by atoms with Crippen molar-refractivity contribution in [1.82, 2.24) is 4.57 Å². The van der Waals surface area contributed by atoms with Crippen molar-refractivity contribution in [3.63, 3.8) is 0 Å². The molecule has 3 heteroatoms. The molecule has 92 valence electrons. The van der Waals surface area contributed by atoms with E-state index in [1.54, 1.807) is 0 Å². The third-order valence-electron chi connectivity index (χ3n) is 3.65. The van der Waals surface area contributed by atoms with E-state index in [9.17, 15) is 4.79 Å². The summed E-state index contributed by atoms with van der Waals surface area (Å²) in [5.74, 6) is 1.10. The monoisotopic (exact) mass is 233 g/mol. The normalized spacial score (nSPS) is 20.1. The second-order valence-electron chi connectivity index (χ2n) is 5.28. The quantitative estimate of drug-likeness (QED) is 0.749. The minimum atomic E-state index is 0.304. The highest BCUT2D eigenvalue weighted by molar-refractivity contribution is 5.97. The molecule has 0 N–H and O–H groups in total. The molecule has 1 saturated carbocycles. The van der Waals surface area contributed by atoms with E-state index in [1.165, 1.54) is 18.4 Å². The number of aromatic nitrogens is 1. The molecule has 1 heterocycles. The van der Waals surface area contributed by atoms with Crippen LogP contribution >= 0.6 is 0 Å². The van der Waals surface area contributed by atoms with E-state index in [-0.39, 0.29) is 0 Å².